The first-order valence-electron chi connectivity index (χ1n) is 8.87. The summed E-state index contributed by atoms with van der Waals surface area (Å²) in [6.45, 7) is 2.16. The predicted molar refractivity (Wildman–Crippen MR) is 99.4 cm³/mol. The molecular weight excluding hydrogens is 352 g/mol. The number of halogens is 4. The normalized spacial score (nSPS) is 10.7. The Bertz CT molecular complexity index is 1020. The van der Waals surface area contributed by atoms with Gasteiger partial charge in [-0.15, -0.1) is 0 Å². The average Bonchev–Trinajstić information content (AvgIpc) is 2.65. The monoisotopic (exact) mass is 370 g/mol. The largest absolute Gasteiger partial charge is 0.206 e. The van der Waals surface area contributed by atoms with Crippen molar-refractivity contribution < 1.29 is 17.6 Å². The molecular formula is C23H18F4. The fourth-order valence-electron chi connectivity index (χ4n) is 2.94. The number of hydrogen-bond donors (Lipinski definition) is 0. The highest BCUT2D eigenvalue weighted by atomic mass is 19.2. The van der Waals surface area contributed by atoms with Crippen molar-refractivity contribution in [3.05, 3.63) is 82.4 Å². The summed E-state index contributed by atoms with van der Waals surface area (Å²) in [5.41, 5.74) is 2.25. The summed E-state index contributed by atoms with van der Waals surface area (Å²) in [7, 11) is 0. The highest BCUT2D eigenvalue weighted by Crippen LogP contribution is 2.26. The summed E-state index contributed by atoms with van der Waals surface area (Å²) in [5.74, 6) is 0.161. The lowest BCUT2D eigenvalue weighted by Crippen LogP contribution is -1.95. The van der Waals surface area contributed by atoms with Crippen molar-refractivity contribution in [2.45, 2.75) is 32.6 Å². The van der Waals surface area contributed by atoms with Crippen molar-refractivity contribution in [1.29, 1.82) is 0 Å². The molecule has 0 heterocycles. The van der Waals surface area contributed by atoms with E-state index in [1.807, 2.05) is 24.3 Å². The molecule has 0 saturated heterocycles. The molecule has 0 saturated carbocycles. The Morgan fingerprint density at radius 1 is 0.741 bits per heavy atom. The summed E-state index contributed by atoms with van der Waals surface area (Å²) in [6, 6.07) is 10.9. The Balaban J connectivity index is 1.86. The Kier molecular flexibility index (Phi) is 5.81. The van der Waals surface area contributed by atoms with Gasteiger partial charge in [0.2, 0.25) is 0 Å². The van der Waals surface area contributed by atoms with E-state index in [1.165, 1.54) is 24.5 Å². The van der Waals surface area contributed by atoms with Crippen LogP contribution in [-0.2, 0) is 6.42 Å². The van der Waals surface area contributed by atoms with E-state index in [4.69, 9.17) is 0 Å². The van der Waals surface area contributed by atoms with E-state index in [0.717, 1.165) is 30.5 Å². The summed E-state index contributed by atoms with van der Waals surface area (Å²) in [6.07, 6.45) is 4.53. The molecule has 27 heavy (non-hydrogen) atoms. The zero-order chi connectivity index (χ0) is 19.4. The Labute approximate surface area is 155 Å². The van der Waals surface area contributed by atoms with Crippen molar-refractivity contribution >= 4 is 10.8 Å². The van der Waals surface area contributed by atoms with Gasteiger partial charge in [0.15, 0.2) is 17.5 Å². The quantitative estimate of drug-likeness (QED) is 0.212. The van der Waals surface area contributed by atoms with Crippen LogP contribution in [0.3, 0.4) is 0 Å². The van der Waals surface area contributed by atoms with Gasteiger partial charge in [0.05, 0.1) is 5.39 Å². The molecule has 3 rings (SSSR count). The van der Waals surface area contributed by atoms with Crippen molar-refractivity contribution in [3.8, 4) is 11.8 Å². The molecule has 0 fully saturated rings. The first-order valence-corrected chi connectivity index (χ1v) is 8.87. The number of rotatable bonds is 4. The standard InChI is InChI=1S/C23H18F4/c1-2-3-4-5-15-6-8-16(9-7-15)10-11-17-12-18-14-20(25)22(26)23(27)21(18)19(24)13-17/h6-9,12-14H,2-5H2,1H3. The predicted octanol–water partition coefficient (Wildman–Crippen LogP) is 6.53. The smallest absolute Gasteiger partial charge is 0.195 e. The minimum atomic E-state index is -1.68. The number of fused-ring (bicyclic) bond motifs is 1. The van der Waals surface area contributed by atoms with Gasteiger partial charge in [-0.25, -0.2) is 17.6 Å². The Hall–Kier alpha value is -2.80. The first-order chi connectivity index (χ1) is 13.0. The van der Waals surface area contributed by atoms with Crippen molar-refractivity contribution in [2.75, 3.05) is 0 Å². The number of benzene rings is 3. The molecule has 3 aromatic rings. The highest BCUT2D eigenvalue weighted by Gasteiger charge is 2.17. The van der Waals surface area contributed by atoms with Gasteiger partial charge < -0.3 is 0 Å². The van der Waals surface area contributed by atoms with Crippen molar-refractivity contribution in [2.24, 2.45) is 0 Å². The molecule has 0 spiro atoms. The molecule has 0 nitrogen and oxygen atoms in total. The summed E-state index contributed by atoms with van der Waals surface area (Å²) >= 11 is 0. The van der Waals surface area contributed by atoms with Crippen molar-refractivity contribution in [3.63, 3.8) is 0 Å². The molecule has 4 heteroatoms. The molecule has 0 atom stereocenters. The van der Waals surface area contributed by atoms with E-state index in [0.29, 0.717) is 0 Å². The van der Waals surface area contributed by atoms with E-state index in [1.54, 1.807) is 0 Å². The van der Waals surface area contributed by atoms with Crippen molar-refractivity contribution in [1.82, 2.24) is 0 Å². The minimum Gasteiger partial charge on any atom is -0.206 e. The molecule has 0 radical (unpaired) electrons. The molecule has 0 aliphatic carbocycles. The van der Waals surface area contributed by atoms with E-state index in [2.05, 4.69) is 18.8 Å². The number of hydrogen-bond acceptors (Lipinski definition) is 0. The zero-order valence-corrected chi connectivity index (χ0v) is 14.9. The van der Waals surface area contributed by atoms with Gasteiger partial charge >= 0.3 is 0 Å². The van der Waals surface area contributed by atoms with Crippen LogP contribution < -0.4 is 0 Å². The molecule has 3 aromatic carbocycles. The molecule has 0 aliphatic heterocycles. The third-order valence-electron chi connectivity index (χ3n) is 4.40. The van der Waals surface area contributed by atoms with Crippen LogP contribution in [0.1, 0.15) is 42.9 Å². The van der Waals surface area contributed by atoms with Crippen LogP contribution >= 0.6 is 0 Å². The topological polar surface area (TPSA) is 0 Å². The fraction of sp³-hybridized carbons (Fsp3) is 0.217. The SMILES string of the molecule is CCCCCc1ccc(C#Cc2cc(F)c3c(F)c(F)c(F)cc3c2)cc1. The fourth-order valence-corrected chi connectivity index (χ4v) is 2.94. The maximum absolute atomic E-state index is 14.1. The lowest BCUT2D eigenvalue weighted by atomic mass is 10.0. The van der Waals surface area contributed by atoms with Gasteiger partial charge in [0, 0.05) is 11.1 Å². The van der Waals surface area contributed by atoms with Gasteiger partial charge in [0.25, 0.3) is 0 Å². The van der Waals surface area contributed by atoms with Crippen LogP contribution in [0.2, 0.25) is 0 Å². The lowest BCUT2D eigenvalue weighted by Gasteiger charge is -2.04. The van der Waals surface area contributed by atoms with Crippen LogP contribution in [0.4, 0.5) is 17.6 Å². The van der Waals surface area contributed by atoms with Gasteiger partial charge in [-0.3, -0.25) is 0 Å². The van der Waals surface area contributed by atoms with Gasteiger partial charge in [-0.2, -0.15) is 0 Å². The maximum atomic E-state index is 14.1. The second-order valence-electron chi connectivity index (χ2n) is 6.45. The van der Waals surface area contributed by atoms with Gasteiger partial charge in [0.1, 0.15) is 5.82 Å². The van der Waals surface area contributed by atoms with E-state index in [9.17, 15) is 17.6 Å². The number of unbranched alkanes of at least 4 members (excludes halogenated alkanes) is 2. The van der Waals surface area contributed by atoms with Crippen LogP contribution in [-0.4, -0.2) is 0 Å². The lowest BCUT2D eigenvalue weighted by molar-refractivity contribution is 0.451. The molecule has 0 N–H and O–H groups in total. The molecule has 0 bridgehead atoms. The molecule has 0 unspecified atom stereocenters. The second kappa shape index (κ2) is 8.26. The molecule has 138 valence electrons. The van der Waals surface area contributed by atoms with Crippen LogP contribution in [0.25, 0.3) is 10.8 Å². The maximum Gasteiger partial charge on any atom is 0.195 e. The zero-order valence-electron chi connectivity index (χ0n) is 14.9. The molecule has 0 aliphatic rings. The second-order valence-corrected chi connectivity index (χ2v) is 6.45. The van der Waals surface area contributed by atoms with Crippen LogP contribution in [0, 0.1) is 35.1 Å². The number of aryl methyl sites for hydroxylation is 1. The Morgan fingerprint density at radius 3 is 2.15 bits per heavy atom. The van der Waals surface area contributed by atoms with Crippen LogP contribution in [0.15, 0.2) is 42.5 Å². The van der Waals surface area contributed by atoms with E-state index >= 15 is 0 Å². The van der Waals surface area contributed by atoms with Crippen LogP contribution in [0.5, 0.6) is 0 Å². The third kappa shape index (κ3) is 4.31. The van der Waals surface area contributed by atoms with Gasteiger partial charge in [-0.1, -0.05) is 43.7 Å². The first kappa shape index (κ1) is 19.0. The highest BCUT2D eigenvalue weighted by molar-refractivity contribution is 5.85. The molecule has 0 amide bonds. The summed E-state index contributed by atoms with van der Waals surface area (Å²) < 4.78 is 54.6. The van der Waals surface area contributed by atoms with Gasteiger partial charge in [-0.05, 0) is 54.1 Å². The average molecular weight is 370 g/mol. The van der Waals surface area contributed by atoms with E-state index < -0.39 is 28.7 Å². The summed E-state index contributed by atoms with van der Waals surface area (Å²) in [5, 5.41) is -0.641. The van der Waals surface area contributed by atoms with E-state index in [-0.39, 0.29) is 10.9 Å². The summed E-state index contributed by atoms with van der Waals surface area (Å²) in [4.78, 5) is 0. The molecule has 0 aromatic heterocycles. The minimum absolute atomic E-state index is 0.0676. The third-order valence-corrected chi connectivity index (χ3v) is 4.40. The Morgan fingerprint density at radius 2 is 1.44 bits per heavy atom.